The van der Waals surface area contributed by atoms with E-state index >= 15 is 0 Å². The molecule has 0 spiro atoms. The Balaban J connectivity index is 2.24. The van der Waals surface area contributed by atoms with Crippen LogP contribution in [0.15, 0.2) is 40.3 Å². The highest BCUT2D eigenvalue weighted by molar-refractivity contribution is 9.10. The lowest BCUT2D eigenvalue weighted by atomic mass is 9.85. The molecule has 114 valence electrons. The van der Waals surface area contributed by atoms with E-state index in [1.54, 1.807) is 12.3 Å². The van der Waals surface area contributed by atoms with Crippen molar-refractivity contribution >= 4 is 21.7 Å². The summed E-state index contributed by atoms with van der Waals surface area (Å²) in [5.41, 5.74) is 3.97. The van der Waals surface area contributed by atoms with Crippen molar-refractivity contribution in [1.82, 2.24) is 10.2 Å². The van der Waals surface area contributed by atoms with Crippen molar-refractivity contribution in [2.75, 3.05) is 5.32 Å². The molecule has 0 radical (unpaired) electrons. The number of anilines is 1. The van der Waals surface area contributed by atoms with Gasteiger partial charge in [0.25, 0.3) is 0 Å². The Morgan fingerprint density at radius 3 is 2.96 bits per heavy atom. The Morgan fingerprint density at radius 2 is 2.26 bits per heavy atom. The van der Waals surface area contributed by atoms with Gasteiger partial charge >= 0.3 is 0 Å². The normalized spacial score (nSPS) is 16.3. The summed E-state index contributed by atoms with van der Waals surface area (Å²) in [5.74, 6) is 0.590. The number of benzene rings is 1. The average Bonchev–Trinajstić information content (AvgIpc) is 3.02. The third-order valence-corrected chi connectivity index (χ3v) is 4.80. The van der Waals surface area contributed by atoms with Crippen LogP contribution in [0, 0.1) is 17.9 Å². The maximum Gasteiger partial charge on any atom is 0.196 e. The predicted octanol–water partition coefficient (Wildman–Crippen LogP) is 4.53. The smallest absolute Gasteiger partial charge is 0.196 e. The molecule has 1 aromatic carbocycles. The average molecular weight is 368 g/mol. The molecule has 0 amide bonds. The zero-order valence-corrected chi connectivity index (χ0v) is 14.1. The summed E-state index contributed by atoms with van der Waals surface area (Å²) in [6.07, 6.45) is 3.48. The first-order valence-corrected chi connectivity index (χ1v) is 8.09. The standard InChI is InChI=1S/C17H14BrN5/c1-3-5-13-16(20-2)14(12-9-21-23-17(12)22-13)11-7-4-6-10(8-19)15(11)18/h4,6-7,9,14H,3,5H2,1H3,(H2,21,22,23). The van der Waals surface area contributed by atoms with Crippen molar-refractivity contribution in [2.45, 2.75) is 25.7 Å². The van der Waals surface area contributed by atoms with Gasteiger partial charge in [-0.25, -0.2) is 4.85 Å². The summed E-state index contributed by atoms with van der Waals surface area (Å²) < 4.78 is 0.735. The number of H-pyrrole nitrogens is 1. The molecule has 1 aromatic heterocycles. The van der Waals surface area contributed by atoms with E-state index < -0.39 is 0 Å². The molecular weight excluding hydrogens is 354 g/mol. The van der Waals surface area contributed by atoms with Crippen LogP contribution in [0.4, 0.5) is 5.82 Å². The van der Waals surface area contributed by atoms with Gasteiger partial charge in [0.05, 0.1) is 24.3 Å². The van der Waals surface area contributed by atoms with Crippen LogP contribution >= 0.6 is 15.9 Å². The minimum absolute atomic E-state index is 0.230. The zero-order chi connectivity index (χ0) is 16.4. The number of hydrogen-bond acceptors (Lipinski definition) is 3. The van der Waals surface area contributed by atoms with Crippen molar-refractivity contribution in [3.63, 3.8) is 0 Å². The number of fused-ring (bicyclic) bond motifs is 1. The first-order chi connectivity index (χ1) is 11.2. The van der Waals surface area contributed by atoms with Crippen LogP contribution in [-0.2, 0) is 0 Å². The van der Waals surface area contributed by atoms with E-state index in [2.05, 4.69) is 49.3 Å². The minimum Gasteiger partial charge on any atom is -0.354 e. The molecular formula is C17H14BrN5. The summed E-state index contributed by atoms with van der Waals surface area (Å²) in [5, 5.41) is 19.6. The molecule has 6 heteroatoms. The topological polar surface area (TPSA) is 68.9 Å². The van der Waals surface area contributed by atoms with Gasteiger partial charge in [0, 0.05) is 15.7 Å². The van der Waals surface area contributed by atoms with E-state index in [1.807, 2.05) is 12.1 Å². The number of hydrogen-bond donors (Lipinski definition) is 2. The fourth-order valence-corrected chi connectivity index (χ4v) is 3.48. The molecule has 1 aliphatic heterocycles. The Kier molecular flexibility index (Phi) is 4.18. The third-order valence-electron chi connectivity index (χ3n) is 3.92. The van der Waals surface area contributed by atoms with Crippen LogP contribution in [0.3, 0.4) is 0 Å². The number of aromatic nitrogens is 2. The number of nitrogens with one attached hydrogen (secondary N) is 2. The molecule has 0 bridgehead atoms. The first-order valence-electron chi connectivity index (χ1n) is 7.30. The molecule has 2 heterocycles. The maximum atomic E-state index is 9.27. The fraction of sp³-hybridized carbons (Fsp3) is 0.235. The highest BCUT2D eigenvalue weighted by Gasteiger charge is 2.32. The van der Waals surface area contributed by atoms with Gasteiger partial charge in [0.2, 0.25) is 0 Å². The van der Waals surface area contributed by atoms with Gasteiger partial charge in [-0.15, -0.1) is 0 Å². The lowest BCUT2D eigenvalue weighted by Gasteiger charge is -2.27. The summed E-state index contributed by atoms with van der Waals surface area (Å²) in [7, 11) is 0. The third kappa shape index (κ3) is 2.52. The molecule has 1 aliphatic rings. The second-order valence-electron chi connectivity index (χ2n) is 5.30. The second kappa shape index (κ2) is 6.28. The first kappa shape index (κ1) is 15.3. The molecule has 0 saturated heterocycles. The van der Waals surface area contributed by atoms with Crippen LogP contribution in [-0.4, -0.2) is 10.2 Å². The molecule has 1 unspecified atom stereocenters. The highest BCUT2D eigenvalue weighted by atomic mass is 79.9. The van der Waals surface area contributed by atoms with Crippen molar-refractivity contribution in [1.29, 1.82) is 5.26 Å². The molecule has 1 atom stereocenters. The summed E-state index contributed by atoms with van der Waals surface area (Å²) in [4.78, 5) is 3.80. The van der Waals surface area contributed by atoms with Crippen LogP contribution in [0.1, 0.15) is 42.4 Å². The van der Waals surface area contributed by atoms with E-state index in [-0.39, 0.29) is 5.92 Å². The molecule has 5 nitrogen and oxygen atoms in total. The monoisotopic (exact) mass is 367 g/mol. The van der Waals surface area contributed by atoms with Crippen molar-refractivity contribution in [3.05, 3.63) is 68.4 Å². The highest BCUT2D eigenvalue weighted by Crippen LogP contribution is 2.44. The molecule has 2 aromatic rings. The largest absolute Gasteiger partial charge is 0.354 e. The maximum absolute atomic E-state index is 9.27. The number of allylic oxidation sites excluding steroid dienone is 2. The van der Waals surface area contributed by atoms with E-state index in [0.29, 0.717) is 11.3 Å². The van der Waals surface area contributed by atoms with E-state index in [0.717, 1.165) is 40.0 Å². The Morgan fingerprint density at radius 1 is 1.43 bits per heavy atom. The van der Waals surface area contributed by atoms with Gasteiger partial charge in [0.1, 0.15) is 11.9 Å². The Bertz CT molecular complexity index is 866. The molecule has 0 saturated carbocycles. The Hall–Kier alpha value is -2.57. The lowest BCUT2D eigenvalue weighted by Crippen LogP contribution is -2.17. The Labute approximate surface area is 143 Å². The fourth-order valence-electron chi connectivity index (χ4n) is 2.90. The van der Waals surface area contributed by atoms with E-state index in [1.165, 1.54) is 0 Å². The van der Waals surface area contributed by atoms with Crippen LogP contribution < -0.4 is 5.32 Å². The van der Waals surface area contributed by atoms with E-state index in [9.17, 15) is 5.26 Å². The summed E-state index contributed by atoms with van der Waals surface area (Å²) >= 11 is 3.53. The van der Waals surface area contributed by atoms with Crippen molar-refractivity contribution in [2.24, 2.45) is 0 Å². The van der Waals surface area contributed by atoms with Crippen molar-refractivity contribution < 1.29 is 0 Å². The second-order valence-corrected chi connectivity index (χ2v) is 6.10. The van der Waals surface area contributed by atoms with E-state index in [4.69, 9.17) is 6.57 Å². The number of halogens is 1. The van der Waals surface area contributed by atoms with Gasteiger partial charge in [-0.3, -0.25) is 5.10 Å². The number of nitrogens with zero attached hydrogens (tertiary/aromatic N) is 3. The predicted molar refractivity (Wildman–Crippen MR) is 91.4 cm³/mol. The molecule has 2 N–H and O–H groups in total. The number of rotatable bonds is 3. The molecule has 23 heavy (non-hydrogen) atoms. The van der Waals surface area contributed by atoms with Gasteiger partial charge in [0.15, 0.2) is 5.70 Å². The number of aromatic amines is 1. The SMILES string of the molecule is [C-]#[N+]C1=C(CCC)Nc2[nH]ncc2C1c1cccc(C#N)c1Br. The van der Waals surface area contributed by atoms with Crippen LogP contribution in [0.5, 0.6) is 0 Å². The molecule has 0 fully saturated rings. The quantitative estimate of drug-likeness (QED) is 0.782. The summed E-state index contributed by atoms with van der Waals surface area (Å²) in [6.45, 7) is 9.75. The zero-order valence-electron chi connectivity index (χ0n) is 12.5. The number of nitriles is 1. The van der Waals surface area contributed by atoms with Gasteiger partial charge < -0.3 is 5.32 Å². The van der Waals surface area contributed by atoms with Crippen LogP contribution in [0.25, 0.3) is 4.85 Å². The summed E-state index contributed by atoms with van der Waals surface area (Å²) in [6, 6.07) is 7.74. The van der Waals surface area contributed by atoms with Gasteiger partial charge in [-0.05, 0) is 34.0 Å². The van der Waals surface area contributed by atoms with Crippen LogP contribution in [0.2, 0.25) is 0 Å². The van der Waals surface area contributed by atoms with Crippen molar-refractivity contribution in [3.8, 4) is 6.07 Å². The molecule has 0 aliphatic carbocycles. The van der Waals surface area contributed by atoms with Gasteiger partial charge in [-0.2, -0.15) is 10.4 Å². The minimum atomic E-state index is -0.230. The van der Waals surface area contributed by atoms with Gasteiger partial charge in [-0.1, -0.05) is 25.5 Å². The molecule has 3 rings (SSSR count). The lowest BCUT2D eigenvalue weighted by molar-refractivity contribution is 0.843.